The van der Waals surface area contributed by atoms with E-state index in [0.717, 1.165) is 28.1 Å². The van der Waals surface area contributed by atoms with E-state index in [0.29, 0.717) is 5.02 Å². The highest BCUT2D eigenvalue weighted by Crippen LogP contribution is 2.29. The average molecular weight is 323 g/mol. The van der Waals surface area contributed by atoms with Crippen molar-refractivity contribution in [1.82, 2.24) is 14.4 Å². The van der Waals surface area contributed by atoms with Gasteiger partial charge in [0.15, 0.2) is 5.82 Å². The first-order valence-electron chi connectivity index (χ1n) is 7.38. The van der Waals surface area contributed by atoms with Crippen molar-refractivity contribution in [1.29, 1.82) is 0 Å². The first-order chi connectivity index (χ1) is 11.1. The number of benzene rings is 2. The molecule has 0 saturated heterocycles. The van der Waals surface area contributed by atoms with Gasteiger partial charge < -0.3 is 5.32 Å². The minimum Gasteiger partial charge on any atom is -0.338 e. The van der Waals surface area contributed by atoms with E-state index in [1.165, 1.54) is 11.1 Å². The fourth-order valence-electron chi connectivity index (χ4n) is 2.85. The first-order valence-corrected chi connectivity index (χ1v) is 7.76. The number of imidazole rings is 1. The quantitative estimate of drug-likeness (QED) is 0.571. The minimum absolute atomic E-state index is 0.669. The van der Waals surface area contributed by atoms with Gasteiger partial charge in [0.05, 0.1) is 23.6 Å². The van der Waals surface area contributed by atoms with Crippen molar-refractivity contribution in [3.63, 3.8) is 0 Å². The van der Waals surface area contributed by atoms with Gasteiger partial charge in [0, 0.05) is 10.7 Å². The SMILES string of the molecule is Cc1cccc(C)c1Nc1nc2cc(Cl)ccc2n2cncc12. The van der Waals surface area contributed by atoms with Gasteiger partial charge in [0.1, 0.15) is 5.52 Å². The number of nitrogens with zero attached hydrogens (tertiary/aromatic N) is 3. The summed E-state index contributed by atoms with van der Waals surface area (Å²) in [5, 5.41) is 4.14. The number of aryl methyl sites for hydroxylation is 2. The second-order valence-corrected chi connectivity index (χ2v) is 6.07. The van der Waals surface area contributed by atoms with Gasteiger partial charge in [-0.1, -0.05) is 29.8 Å². The summed E-state index contributed by atoms with van der Waals surface area (Å²) in [5.41, 5.74) is 6.17. The van der Waals surface area contributed by atoms with E-state index in [2.05, 4.69) is 42.3 Å². The van der Waals surface area contributed by atoms with Gasteiger partial charge >= 0.3 is 0 Å². The van der Waals surface area contributed by atoms with E-state index in [1.54, 1.807) is 6.33 Å². The molecule has 0 fully saturated rings. The molecule has 0 radical (unpaired) electrons. The summed E-state index contributed by atoms with van der Waals surface area (Å²) >= 11 is 6.12. The van der Waals surface area contributed by atoms with Gasteiger partial charge in [-0.25, -0.2) is 9.97 Å². The van der Waals surface area contributed by atoms with E-state index in [-0.39, 0.29) is 0 Å². The Kier molecular flexibility index (Phi) is 3.20. The van der Waals surface area contributed by atoms with Crippen LogP contribution in [0.4, 0.5) is 11.5 Å². The minimum atomic E-state index is 0.669. The van der Waals surface area contributed by atoms with E-state index in [9.17, 15) is 0 Å². The summed E-state index contributed by atoms with van der Waals surface area (Å²) in [7, 11) is 0. The third kappa shape index (κ3) is 2.32. The summed E-state index contributed by atoms with van der Waals surface area (Å²) in [6.45, 7) is 4.17. The fourth-order valence-corrected chi connectivity index (χ4v) is 3.02. The number of halogens is 1. The molecule has 4 aromatic rings. The van der Waals surface area contributed by atoms with E-state index < -0.39 is 0 Å². The predicted octanol–water partition coefficient (Wildman–Crippen LogP) is 4.90. The number of nitrogens with one attached hydrogen (secondary N) is 1. The molecule has 0 aliphatic rings. The first kappa shape index (κ1) is 14.0. The lowest BCUT2D eigenvalue weighted by molar-refractivity contribution is 1.18. The highest BCUT2D eigenvalue weighted by Gasteiger charge is 2.11. The molecular weight excluding hydrogens is 308 g/mol. The molecule has 2 aromatic heterocycles. The number of aromatic nitrogens is 3. The van der Waals surface area contributed by atoms with Crippen LogP contribution in [0.5, 0.6) is 0 Å². The molecule has 114 valence electrons. The Morgan fingerprint density at radius 2 is 1.83 bits per heavy atom. The molecule has 5 heteroatoms. The Bertz CT molecular complexity index is 1020. The number of anilines is 2. The number of fused-ring (bicyclic) bond motifs is 3. The number of hydrogen-bond acceptors (Lipinski definition) is 3. The van der Waals surface area contributed by atoms with Gasteiger partial charge in [-0.05, 0) is 43.2 Å². The highest BCUT2D eigenvalue weighted by molar-refractivity contribution is 6.31. The summed E-state index contributed by atoms with van der Waals surface area (Å²) in [6.07, 6.45) is 3.61. The van der Waals surface area contributed by atoms with Crippen LogP contribution in [0.3, 0.4) is 0 Å². The zero-order valence-corrected chi connectivity index (χ0v) is 13.6. The van der Waals surface area contributed by atoms with Crippen molar-refractivity contribution in [2.75, 3.05) is 5.32 Å². The van der Waals surface area contributed by atoms with Crippen molar-refractivity contribution in [3.8, 4) is 0 Å². The molecule has 2 heterocycles. The van der Waals surface area contributed by atoms with Gasteiger partial charge in [-0.3, -0.25) is 4.40 Å². The molecule has 1 N–H and O–H groups in total. The summed E-state index contributed by atoms with van der Waals surface area (Å²) in [4.78, 5) is 9.03. The van der Waals surface area contributed by atoms with Crippen molar-refractivity contribution >= 4 is 39.7 Å². The molecule has 4 rings (SSSR count). The Balaban J connectivity index is 1.96. The number of hydrogen-bond donors (Lipinski definition) is 1. The van der Waals surface area contributed by atoms with Crippen LogP contribution in [0.25, 0.3) is 16.6 Å². The molecule has 0 spiro atoms. The van der Waals surface area contributed by atoms with Crippen LogP contribution in [0, 0.1) is 13.8 Å². The van der Waals surface area contributed by atoms with Crippen LogP contribution in [-0.4, -0.2) is 14.4 Å². The molecule has 0 aliphatic carbocycles. The third-order valence-electron chi connectivity index (χ3n) is 4.03. The second kappa shape index (κ2) is 5.25. The van der Waals surface area contributed by atoms with Crippen LogP contribution in [0.1, 0.15) is 11.1 Å². The van der Waals surface area contributed by atoms with Crippen molar-refractivity contribution in [2.24, 2.45) is 0 Å². The molecule has 23 heavy (non-hydrogen) atoms. The van der Waals surface area contributed by atoms with Crippen LogP contribution < -0.4 is 5.32 Å². The molecule has 0 bridgehead atoms. The predicted molar refractivity (Wildman–Crippen MR) is 94.7 cm³/mol. The molecule has 2 aromatic carbocycles. The zero-order chi connectivity index (χ0) is 16.0. The maximum Gasteiger partial charge on any atom is 0.157 e. The largest absolute Gasteiger partial charge is 0.338 e. The molecular formula is C18H15ClN4. The Morgan fingerprint density at radius 1 is 1.04 bits per heavy atom. The third-order valence-corrected chi connectivity index (χ3v) is 4.27. The smallest absolute Gasteiger partial charge is 0.157 e. The van der Waals surface area contributed by atoms with Crippen LogP contribution >= 0.6 is 11.6 Å². The zero-order valence-electron chi connectivity index (χ0n) is 12.8. The summed E-state index contributed by atoms with van der Waals surface area (Å²) in [5.74, 6) is 0.773. The van der Waals surface area contributed by atoms with Crippen LogP contribution in [0.2, 0.25) is 5.02 Å². The maximum absolute atomic E-state index is 6.12. The Hall–Kier alpha value is -2.59. The Morgan fingerprint density at radius 3 is 2.61 bits per heavy atom. The van der Waals surface area contributed by atoms with Crippen molar-refractivity contribution in [3.05, 3.63) is 65.1 Å². The maximum atomic E-state index is 6.12. The molecule has 0 unspecified atom stereocenters. The standard InChI is InChI=1S/C18H15ClN4/c1-11-4-3-5-12(2)17(11)22-18-16-9-20-10-23(16)15-7-6-13(19)8-14(15)21-18/h3-10H,1-2H3,(H,21,22). The summed E-state index contributed by atoms with van der Waals surface area (Å²) in [6, 6.07) is 11.9. The van der Waals surface area contributed by atoms with E-state index >= 15 is 0 Å². The second-order valence-electron chi connectivity index (χ2n) is 5.63. The van der Waals surface area contributed by atoms with E-state index in [4.69, 9.17) is 16.6 Å². The lowest BCUT2D eigenvalue weighted by Crippen LogP contribution is -2.01. The normalized spacial score (nSPS) is 11.3. The van der Waals surface area contributed by atoms with Crippen LogP contribution in [-0.2, 0) is 0 Å². The van der Waals surface area contributed by atoms with Gasteiger partial charge in [0.2, 0.25) is 0 Å². The van der Waals surface area contributed by atoms with Crippen molar-refractivity contribution < 1.29 is 0 Å². The molecule has 0 aliphatic heterocycles. The molecule has 0 atom stereocenters. The average Bonchev–Trinajstić information content (AvgIpc) is 3.00. The lowest BCUT2D eigenvalue weighted by Gasteiger charge is -2.14. The lowest BCUT2D eigenvalue weighted by atomic mass is 10.1. The van der Waals surface area contributed by atoms with Crippen molar-refractivity contribution in [2.45, 2.75) is 13.8 Å². The molecule has 0 amide bonds. The van der Waals surface area contributed by atoms with Crippen LogP contribution in [0.15, 0.2) is 48.9 Å². The number of para-hydroxylation sites is 1. The molecule has 0 saturated carbocycles. The molecule has 4 nitrogen and oxygen atoms in total. The van der Waals surface area contributed by atoms with Gasteiger partial charge in [0.25, 0.3) is 0 Å². The van der Waals surface area contributed by atoms with Gasteiger partial charge in [-0.15, -0.1) is 0 Å². The number of rotatable bonds is 2. The Labute approximate surface area is 138 Å². The topological polar surface area (TPSA) is 42.2 Å². The monoisotopic (exact) mass is 322 g/mol. The summed E-state index contributed by atoms with van der Waals surface area (Å²) < 4.78 is 2.02. The van der Waals surface area contributed by atoms with E-state index in [1.807, 2.05) is 28.8 Å². The van der Waals surface area contributed by atoms with Gasteiger partial charge in [-0.2, -0.15) is 0 Å². The fraction of sp³-hybridized carbons (Fsp3) is 0.111. The highest BCUT2D eigenvalue weighted by atomic mass is 35.5.